The first-order chi connectivity index (χ1) is 17.8. The molecule has 0 N–H and O–H groups in total. The van der Waals surface area contributed by atoms with Gasteiger partial charge in [-0.1, -0.05) is 130 Å². The zero-order chi connectivity index (χ0) is 29.0. The smallest absolute Gasteiger partial charge is 0.0216 e. The van der Waals surface area contributed by atoms with Gasteiger partial charge in [-0.25, -0.2) is 0 Å². The fraction of sp³-hybridized carbons (Fsp3) is 0.526. The van der Waals surface area contributed by atoms with Crippen molar-refractivity contribution in [2.75, 3.05) is 0 Å². The molecule has 0 aliphatic carbocycles. The van der Waals surface area contributed by atoms with Crippen molar-refractivity contribution in [1.82, 2.24) is 0 Å². The second-order valence-corrected chi connectivity index (χ2v) is 12.2. The monoisotopic (exact) mass is 514 g/mol. The van der Waals surface area contributed by atoms with Crippen LogP contribution in [-0.2, 0) is 12.8 Å². The molecule has 3 rings (SSSR count). The van der Waals surface area contributed by atoms with E-state index in [1.807, 2.05) is 0 Å². The molecule has 3 aromatic rings. The zero-order valence-corrected chi connectivity index (χ0v) is 27.1. The Morgan fingerprint density at radius 2 is 0.868 bits per heavy atom. The number of hydrogen-bond acceptors (Lipinski definition) is 0. The van der Waals surface area contributed by atoms with E-state index in [0.29, 0.717) is 23.7 Å². The van der Waals surface area contributed by atoms with Crippen LogP contribution in [0.5, 0.6) is 0 Å². The molecule has 0 aromatic heterocycles. The third kappa shape index (κ3) is 10.8. The predicted molar refractivity (Wildman–Crippen MR) is 173 cm³/mol. The fourth-order valence-electron chi connectivity index (χ4n) is 5.14. The molecule has 0 unspecified atom stereocenters. The molecule has 210 valence electrons. The van der Waals surface area contributed by atoms with Crippen molar-refractivity contribution in [3.8, 4) is 0 Å². The first-order valence-electron chi connectivity index (χ1n) is 15.1. The summed E-state index contributed by atoms with van der Waals surface area (Å²) in [6.45, 7) is 29.0. The molecule has 0 aliphatic heterocycles. The summed E-state index contributed by atoms with van der Waals surface area (Å²) >= 11 is 0. The molecule has 0 aliphatic rings. The van der Waals surface area contributed by atoms with Gasteiger partial charge in [-0.2, -0.15) is 0 Å². The maximum Gasteiger partial charge on any atom is -0.0216 e. The first kappa shape index (κ1) is 33.7. The maximum atomic E-state index is 2.33. The van der Waals surface area contributed by atoms with Gasteiger partial charge in [0.15, 0.2) is 0 Å². The highest BCUT2D eigenvalue weighted by atomic mass is 14.1. The van der Waals surface area contributed by atoms with Crippen molar-refractivity contribution < 1.29 is 0 Å². The molecule has 0 fully saturated rings. The van der Waals surface area contributed by atoms with Crippen molar-refractivity contribution in [3.63, 3.8) is 0 Å². The number of benzene rings is 3. The van der Waals surface area contributed by atoms with E-state index in [1.165, 1.54) is 62.9 Å². The summed E-state index contributed by atoms with van der Waals surface area (Å²) in [6, 6.07) is 20.5. The third-order valence-electron chi connectivity index (χ3n) is 7.44. The SMILES string of the molecule is CCCc1ccc(C(C)C)c(C)c1.CCc1ccc(C(C)C)c(C)c1.Cc1cc(C(C)C)ccc1C(C)C. The van der Waals surface area contributed by atoms with Crippen LogP contribution >= 0.6 is 0 Å². The van der Waals surface area contributed by atoms with E-state index < -0.39 is 0 Å². The average molecular weight is 515 g/mol. The largest absolute Gasteiger partial charge is 0.0651 e. The van der Waals surface area contributed by atoms with Crippen molar-refractivity contribution in [2.45, 2.75) is 133 Å². The minimum Gasteiger partial charge on any atom is -0.0651 e. The van der Waals surface area contributed by atoms with E-state index in [2.05, 4.69) is 145 Å². The van der Waals surface area contributed by atoms with Crippen LogP contribution in [0.4, 0.5) is 0 Å². The lowest BCUT2D eigenvalue weighted by molar-refractivity contribution is 0.835. The fourth-order valence-corrected chi connectivity index (χ4v) is 5.14. The van der Waals surface area contributed by atoms with E-state index in [0.717, 1.165) is 6.42 Å². The highest BCUT2D eigenvalue weighted by Crippen LogP contribution is 2.24. The lowest BCUT2D eigenvalue weighted by Gasteiger charge is -2.13. The molecule has 3 aromatic carbocycles. The molecule has 0 bridgehead atoms. The van der Waals surface area contributed by atoms with E-state index >= 15 is 0 Å². The molecule has 0 spiro atoms. The summed E-state index contributed by atoms with van der Waals surface area (Å²) in [5.74, 6) is 2.58. The molecular formula is C38H58. The lowest BCUT2D eigenvalue weighted by Crippen LogP contribution is -1.95. The normalized spacial score (nSPS) is 11.0. The number of rotatable bonds is 7. The molecule has 0 nitrogen and oxygen atoms in total. The highest BCUT2D eigenvalue weighted by Gasteiger charge is 2.06. The van der Waals surface area contributed by atoms with Crippen molar-refractivity contribution in [2.24, 2.45) is 0 Å². The van der Waals surface area contributed by atoms with Gasteiger partial charge in [0.1, 0.15) is 0 Å². The van der Waals surface area contributed by atoms with Gasteiger partial charge >= 0.3 is 0 Å². The van der Waals surface area contributed by atoms with Crippen LogP contribution in [0.1, 0.15) is 149 Å². The maximum absolute atomic E-state index is 2.33. The summed E-state index contributed by atoms with van der Waals surface area (Å²) in [5, 5.41) is 0. The van der Waals surface area contributed by atoms with E-state index in [-0.39, 0.29) is 0 Å². The summed E-state index contributed by atoms with van der Waals surface area (Å²) < 4.78 is 0. The van der Waals surface area contributed by atoms with Gasteiger partial charge in [0.25, 0.3) is 0 Å². The Morgan fingerprint density at radius 1 is 0.474 bits per heavy atom. The van der Waals surface area contributed by atoms with Crippen molar-refractivity contribution in [3.05, 3.63) is 105 Å². The van der Waals surface area contributed by atoms with Crippen LogP contribution in [0, 0.1) is 20.8 Å². The van der Waals surface area contributed by atoms with Gasteiger partial charge in [0.05, 0.1) is 0 Å². The van der Waals surface area contributed by atoms with Gasteiger partial charge in [-0.15, -0.1) is 0 Å². The molecule has 0 saturated carbocycles. The Bertz CT molecular complexity index is 1100. The van der Waals surface area contributed by atoms with Gasteiger partial charge < -0.3 is 0 Å². The van der Waals surface area contributed by atoms with E-state index in [9.17, 15) is 0 Å². The summed E-state index contributed by atoms with van der Waals surface area (Å²) in [4.78, 5) is 0. The van der Waals surface area contributed by atoms with Gasteiger partial charge in [0.2, 0.25) is 0 Å². The van der Waals surface area contributed by atoms with Gasteiger partial charge in [-0.3, -0.25) is 0 Å². The molecule has 38 heavy (non-hydrogen) atoms. The van der Waals surface area contributed by atoms with Crippen molar-refractivity contribution >= 4 is 0 Å². The molecule has 0 saturated heterocycles. The Hall–Kier alpha value is -2.34. The Balaban J connectivity index is 0.000000285. The second-order valence-electron chi connectivity index (χ2n) is 12.2. The van der Waals surface area contributed by atoms with Crippen LogP contribution < -0.4 is 0 Å². The Morgan fingerprint density at radius 3 is 1.21 bits per heavy atom. The van der Waals surface area contributed by atoms with Crippen molar-refractivity contribution in [1.29, 1.82) is 0 Å². The van der Waals surface area contributed by atoms with Crippen LogP contribution in [0.15, 0.2) is 54.6 Å². The van der Waals surface area contributed by atoms with Gasteiger partial charge in [-0.05, 0) is 107 Å². The minimum atomic E-state index is 0.639. The van der Waals surface area contributed by atoms with Crippen LogP contribution in [0.3, 0.4) is 0 Å². The second kappa shape index (κ2) is 16.6. The zero-order valence-electron chi connectivity index (χ0n) is 27.1. The van der Waals surface area contributed by atoms with E-state index in [1.54, 1.807) is 0 Å². The summed E-state index contributed by atoms with van der Waals surface area (Å²) in [6.07, 6.45) is 3.58. The minimum absolute atomic E-state index is 0.639. The third-order valence-corrected chi connectivity index (χ3v) is 7.44. The number of aryl methyl sites for hydroxylation is 5. The summed E-state index contributed by atoms with van der Waals surface area (Å²) in [7, 11) is 0. The van der Waals surface area contributed by atoms with Gasteiger partial charge in [0, 0.05) is 0 Å². The molecule has 0 amide bonds. The molecule has 0 heterocycles. The van der Waals surface area contributed by atoms with E-state index in [4.69, 9.17) is 0 Å². The molecular weight excluding hydrogens is 456 g/mol. The Labute approximate surface area is 237 Å². The molecule has 0 heteroatoms. The van der Waals surface area contributed by atoms with Crippen LogP contribution in [-0.4, -0.2) is 0 Å². The lowest BCUT2D eigenvalue weighted by atomic mass is 9.93. The quantitative estimate of drug-likeness (QED) is 0.294. The molecule has 0 radical (unpaired) electrons. The summed E-state index contributed by atoms with van der Waals surface area (Å²) in [5.41, 5.74) is 13.1. The van der Waals surface area contributed by atoms with Crippen LogP contribution in [0.2, 0.25) is 0 Å². The molecule has 0 atom stereocenters. The first-order valence-corrected chi connectivity index (χ1v) is 15.1. The van der Waals surface area contributed by atoms with Crippen LogP contribution in [0.25, 0.3) is 0 Å². The predicted octanol–water partition coefficient (Wildman–Crippen LogP) is 12.0. The number of hydrogen-bond donors (Lipinski definition) is 0. The average Bonchev–Trinajstić information content (AvgIpc) is 2.84. The standard InChI is InChI=1S/2C13H20.C12H18/c1-9(2)12-6-7-13(10(3)4)11(5)8-12;1-5-6-12-7-8-13(10(2)3)11(4)9-12;1-5-11-6-7-12(9(2)3)10(4)8-11/h6-10H,1-5H3;7-10H,5-6H2,1-4H3;6-9H,5H2,1-4H3. The Kier molecular flexibility index (Phi) is 14.7. The highest BCUT2D eigenvalue weighted by molar-refractivity contribution is 5.35. The topological polar surface area (TPSA) is 0 Å².